The van der Waals surface area contributed by atoms with Crippen molar-refractivity contribution >= 4 is 0 Å². The summed E-state index contributed by atoms with van der Waals surface area (Å²) in [7, 11) is 0. The highest BCUT2D eigenvalue weighted by molar-refractivity contribution is 4.81. The largest absolute Gasteiger partial charge is 0.502 e. The third-order valence-electron chi connectivity index (χ3n) is 2.14. The van der Waals surface area contributed by atoms with Crippen LogP contribution in [0.2, 0.25) is 0 Å². The first-order chi connectivity index (χ1) is 6.91. The number of hydrogen-bond acceptors (Lipinski definition) is 1. The Balaban J connectivity index is 2.99. The second-order valence-electron chi connectivity index (χ2n) is 3.50. The molecule has 0 aliphatic heterocycles. The summed E-state index contributed by atoms with van der Waals surface area (Å²) >= 11 is 0. The molecule has 0 amide bonds. The molecule has 0 radical (unpaired) electrons. The molecule has 0 saturated heterocycles. The quantitative estimate of drug-likeness (QED) is 0.285. The predicted octanol–water partition coefficient (Wildman–Crippen LogP) is 4.45. The predicted molar refractivity (Wildman–Crippen MR) is 63.3 cm³/mol. The van der Waals surface area contributed by atoms with E-state index >= 15 is 0 Å². The lowest BCUT2D eigenvalue weighted by atomic mass is 10.2. The van der Waals surface area contributed by atoms with E-state index in [0.717, 1.165) is 13.0 Å². The number of allylic oxidation sites excluding steroid dienone is 2. The average Bonchev–Trinajstić information content (AvgIpc) is 2.21. The Morgan fingerprint density at radius 3 is 2.21 bits per heavy atom. The van der Waals surface area contributed by atoms with Crippen molar-refractivity contribution in [2.45, 2.75) is 51.9 Å². The van der Waals surface area contributed by atoms with Crippen molar-refractivity contribution in [3.8, 4) is 0 Å². The molecule has 0 aromatic heterocycles. The van der Waals surface area contributed by atoms with Gasteiger partial charge in [-0.1, -0.05) is 38.5 Å². The van der Waals surface area contributed by atoms with Crippen molar-refractivity contribution in [1.82, 2.24) is 0 Å². The van der Waals surface area contributed by atoms with Crippen molar-refractivity contribution in [1.29, 1.82) is 0 Å². The third-order valence-corrected chi connectivity index (χ3v) is 2.14. The molecule has 0 aromatic rings. The van der Waals surface area contributed by atoms with Crippen LogP contribution < -0.4 is 0 Å². The first-order valence-electron chi connectivity index (χ1n) is 5.79. The van der Waals surface area contributed by atoms with Crippen LogP contribution >= 0.6 is 0 Å². The molecule has 1 heteroatoms. The van der Waals surface area contributed by atoms with Gasteiger partial charge in [-0.05, 0) is 32.1 Å². The third kappa shape index (κ3) is 11.3. The molecule has 1 nitrogen and oxygen atoms in total. The maximum absolute atomic E-state index is 5.03. The van der Waals surface area contributed by atoms with Crippen LogP contribution in [0.1, 0.15) is 51.9 Å². The van der Waals surface area contributed by atoms with Gasteiger partial charge in [0.15, 0.2) is 0 Å². The molecule has 0 heterocycles. The SMILES string of the molecule is C=COCCCCC=CCCCCC. The Kier molecular flexibility index (Phi) is 11.6. The first kappa shape index (κ1) is 13.3. The summed E-state index contributed by atoms with van der Waals surface area (Å²) in [4.78, 5) is 0. The monoisotopic (exact) mass is 196 g/mol. The van der Waals surface area contributed by atoms with Gasteiger partial charge in [0.25, 0.3) is 0 Å². The Hall–Kier alpha value is -0.720. The molecule has 0 aromatic carbocycles. The fraction of sp³-hybridized carbons (Fsp3) is 0.692. The minimum absolute atomic E-state index is 0.813. The van der Waals surface area contributed by atoms with Crippen LogP contribution in [-0.2, 0) is 4.74 Å². The van der Waals surface area contributed by atoms with Crippen LogP contribution in [-0.4, -0.2) is 6.61 Å². The number of ether oxygens (including phenoxy) is 1. The second-order valence-corrected chi connectivity index (χ2v) is 3.50. The molecule has 0 fully saturated rings. The fourth-order valence-electron chi connectivity index (χ4n) is 1.28. The molecule has 0 saturated carbocycles. The van der Waals surface area contributed by atoms with Gasteiger partial charge in [-0.2, -0.15) is 0 Å². The summed E-state index contributed by atoms with van der Waals surface area (Å²) in [5.41, 5.74) is 0. The molecule has 0 aliphatic carbocycles. The van der Waals surface area contributed by atoms with Gasteiger partial charge in [-0.25, -0.2) is 0 Å². The highest BCUT2D eigenvalue weighted by atomic mass is 16.5. The first-order valence-corrected chi connectivity index (χ1v) is 5.79. The summed E-state index contributed by atoms with van der Waals surface area (Å²) in [5, 5.41) is 0. The van der Waals surface area contributed by atoms with Crippen molar-refractivity contribution in [2.24, 2.45) is 0 Å². The van der Waals surface area contributed by atoms with Gasteiger partial charge in [0.1, 0.15) is 0 Å². The molecule has 0 atom stereocenters. The van der Waals surface area contributed by atoms with Crippen LogP contribution in [0.15, 0.2) is 25.0 Å². The Morgan fingerprint density at radius 1 is 1.00 bits per heavy atom. The lowest BCUT2D eigenvalue weighted by molar-refractivity contribution is 0.243. The number of rotatable bonds is 10. The van der Waals surface area contributed by atoms with E-state index in [2.05, 4.69) is 25.7 Å². The van der Waals surface area contributed by atoms with E-state index in [4.69, 9.17) is 4.74 Å². The maximum atomic E-state index is 5.03. The minimum Gasteiger partial charge on any atom is -0.502 e. The molecule has 0 spiro atoms. The van der Waals surface area contributed by atoms with E-state index in [1.165, 1.54) is 44.8 Å². The van der Waals surface area contributed by atoms with Gasteiger partial charge in [0.2, 0.25) is 0 Å². The van der Waals surface area contributed by atoms with E-state index in [1.54, 1.807) is 0 Å². The molecular weight excluding hydrogens is 172 g/mol. The van der Waals surface area contributed by atoms with Gasteiger partial charge in [-0.15, -0.1) is 0 Å². The molecule has 0 bridgehead atoms. The highest BCUT2D eigenvalue weighted by Gasteiger charge is 1.85. The van der Waals surface area contributed by atoms with Gasteiger partial charge in [0, 0.05) is 0 Å². The fourth-order valence-corrected chi connectivity index (χ4v) is 1.28. The molecule has 14 heavy (non-hydrogen) atoms. The van der Waals surface area contributed by atoms with E-state index < -0.39 is 0 Å². The van der Waals surface area contributed by atoms with Crippen LogP contribution in [0.5, 0.6) is 0 Å². The summed E-state index contributed by atoms with van der Waals surface area (Å²) in [6, 6.07) is 0. The van der Waals surface area contributed by atoms with E-state index in [1.807, 2.05) is 0 Å². The summed E-state index contributed by atoms with van der Waals surface area (Å²) < 4.78 is 5.03. The number of unbranched alkanes of at least 4 members (excludes halogenated alkanes) is 5. The second kappa shape index (κ2) is 12.3. The van der Waals surface area contributed by atoms with Gasteiger partial charge in [0.05, 0.1) is 12.9 Å². The summed E-state index contributed by atoms with van der Waals surface area (Å²) in [6.45, 7) is 6.55. The van der Waals surface area contributed by atoms with Gasteiger partial charge < -0.3 is 4.74 Å². The van der Waals surface area contributed by atoms with Crippen LogP contribution in [0, 0.1) is 0 Å². The average molecular weight is 196 g/mol. The molecule has 0 unspecified atom stereocenters. The molecule has 82 valence electrons. The van der Waals surface area contributed by atoms with Crippen molar-refractivity contribution in [3.63, 3.8) is 0 Å². The van der Waals surface area contributed by atoms with Crippen molar-refractivity contribution < 1.29 is 4.74 Å². The van der Waals surface area contributed by atoms with Crippen LogP contribution in [0.4, 0.5) is 0 Å². The van der Waals surface area contributed by atoms with Gasteiger partial charge in [-0.3, -0.25) is 0 Å². The Bertz CT molecular complexity index is 138. The lowest BCUT2D eigenvalue weighted by Crippen LogP contribution is -1.85. The Morgan fingerprint density at radius 2 is 1.64 bits per heavy atom. The smallest absolute Gasteiger partial charge is 0.0873 e. The zero-order chi connectivity index (χ0) is 10.5. The summed E-state index contributed by atoms with van der Waals surface area (Å²) in [5.74, 6) is 0. The standard InChI is InChI=1S/C13H24O/c1-3-5-6-7-8-9-10-11-12-13-14-4-2/h4,8-9H,2-3,5-7,10-13H2,1H3. The molecule has 0 N–H and O–H groups in total. The van der Waals surface area contributed by atoms with Crippen molar-refractivity contribution in [2.75, 3.05) is 6.61 Å². The Labute approximate surface area is 88.9 Å². The van der Waals surface area contributed by atoms with E-state index in [9.17, 15) is 0 Å². The topological polar surface area (TPSA) is 9.23 Å². The van der Waals surface area contributed by atoms with Crippen LogP contribution in [0.25, 0.3) is 0 Å². The molecule has 0 rings (SSSR count). The zero-order valence-electron chi connectivity index (χ0n) is 9.50. The summed E-state index contributed by atoms with van der Waals surface area (Å²) in [6.07, 6.45) is 14.9. The lowest BCUT2D eigenvalue weighted by Gasteiger charge is -1.97. The van der Waals surface area contributed by atoms with Crippen molar-refractivity contribution in [3.05, 3.63) is 25.0 Å². The number of hydrogen-bond donors (Lipinski definition) is 0. The molecular formula is C13H24O. The van der Waals surface area contributed by atoms with Crippen LogP contribution in [0.3, 0.4) is 0 Å². The maximum Gasteiger partial charge on any atom is 0.0873 e. The van der Waals surface area contributed by atoms with Gasteiger partial charge >= 0.3 is 0 Å². The zero-order valence-corrected chi connectivity index (χ0v) is 9.50. The highest BCUT2D eigenvalue weighted by Crippen LogP contribution is 2.02. The van der Waals surface area contributed by atoms with E-state index in [-0.39, 0.29) is 0 Å². The molecule has 0 aliphatic rings. The van der Waals surface area contributed by atoms with E-state index in [0.29, 0.717) is 0 Å². The normalized spacial score (nSPS) is 10.6. The minimum atomic E-state index is 0.813.